The van der Waals surface area contributed by atoms with E-state index in [0.29, 0.717) is 18.7 Å². The summed E-state index contributed by atoms with van der Waals surface area (Å²) in [5, 5.41) is 0.00992. The highest BCUT2D eigenvalue weighted by Gasteiger charge is 2.08. The second kappa shape index (κ2) is 6.93. The van der Waals surface area contributed by atoms with Crippen LogP contribution in [0.2, 0.25) is 0 Å². The van der Waals surface area contributed by atoms with Crippen molar-refractivity contribution in [3.8, 4) is 0 Å². The number of carbonyl (C=O) groups is 1. The van der Waals surface area contributed by atoms with Crippen LogP contribution in [-0.2, 0) is 4.79 Å². The number of hydrogen-bond acceptors (Lipinski definition) is 1. The number of hydrogen-bond donors (Lipinski definition) is 0. The lowest BCUT2D eigenvalue weighted by molar-refractivity contribution is -0.118. The van der Waals surface area contributed by atoms with E-state index in [4.69, 9.17) is 23.2 Å². The van der Waals surface area contributed by atoms with Gasteiger partial charge in [-0.25, -0.2) is 0 Å². The normalized spacial score (nSPS) is 13.0. The third-order valence-corrected chi connectivity index (χ3v) is 1.99. The Morgan fingerprint density at radius 2 is 2.18 bits per heavy atom. The molecule has 0 aliphatic rings. The molecule has 0 radical (unpaired) electrons. The van der Waals surface area contributed by atoms with Crippen LogP contribution in [0, 0.1) is 0 Å². The zero-order valence-corrected chi connectivity index (χ0v) is 8.29. The summed E-state index contributed by atoms with van der Waals surface area (Å²) in [6.07, 6.45) is 2.87. The fraction of sp³-hybridized carbons (Fsp3) is 0.875. The minimum absolute atomic E-state index is 0.00992. The SMILES string of the molecule is CCCC(Cl)CC(=O)CCCl. The average molecular weight is 197 g/mol. The summed E-state index contributed by atoms with van der Waals surface area (Å²) in [4.78, 5) is 11.0. The average Bonchev–Trinajstić information content (AvgIpc) is 1.87. The largest absolute Gasteiger partial charge is 0.300 e. The lowest BCUT2D eigenvalue weighted by Gasteiger charge is -2.04. The molecule has 0 aromatic carbocycles. The van der Waals surface area contributed by atoms with Crippen molar-refractivity contribution < 1.29 is 4.79 Å². The molecule has 11 heavy (non-hydrogen) atoms. The highest BCUT2D eigenvalue weighted by Crippen LogP contribution is 2.11. The van der Waals surface area contributed by atoms with E-state index in [9.17, 15) is 4.79 Å². The number of ketones is 1. The molecule has 66 valence electrons. The monoisotopic (exact) mass is 196 g/mol. The van der Waals surface area contributed by atoms with Crippen LogP contribution in [0.1, 0.15) is 32.6 Å². The minimum atomic E-state index is 0.00992. The van der Waals surface area contributed by atoms with Gasteiger partial charge >= 0.3 is 0 Å². The van der Waals surface area contributed by atoms with Gasteiger partial charge in [0.05, 0.1) is 0 Å². The van der Waals surface area contributed by atoms with Gasteiger partial charge in [0.2, 0.25) is 0 Å². The Balaban J connectivity index is 3.40. The van der Waals surface area contributed by atoms with Gasteiger partial charge in [0.25, 0.3) is 0 Å². The molecule has 0 rings (SSSR count). The highest BCUT2D eigenvalue weighted by molar-refractivity contribution is 6.22. The molecule has 0 fully saturated rings. The number of Topliss-reactive ketones (excluding diaryl/α,β-unsaturated/α-hetero) is 1. The van der Waals surface area contributed by atoms with Crippen molar-refractivity contribution in [2.45, 2.75) is 38.0 Å². The predicted molar refractivity (Wildman–Crippen MR) is 49.5 cm³/mol. The minimum Gasteiger partial charge on any atom is -0.300 e. The molecule has 0 heterocycles. The zero-order valence-electron chi connectivity index (χ0n) is 6.78. The fourth-order valence-electron chi connectivity index (χ4n) is 0.870. The molecule has 0 aliphatic heterocycles. The van der Waals surface area contributed by atoms with Crippen molar-refractivity contribution in [1.29, 1.82) is 0 Å². The summed E-state index contributed by atoms with van der Waals surface area (Å²) in [6, 6.07) is 0. The van der Waals surface area contributed by atoms with Crippen LogP contribution in [0.25, 0.3) is 0 Å². The third-order valence-electron chi connectivity index (χ3n) is 1.42. The highest BCUT2D eigenvalue weighted by atomic mass is 35.5. The topological polar surface area (TPSA) is 17.1 Å². The van der Waals surface area contributed by atoms with E-state index in [1.54, 1.807) is 0 Å². The van der Waals surface area contributed by atoms with E-state index in [-0.39, 0.29) is 11.2 Å². The summed E-state index contributed by atoms with van der Waals surface area (Å²) >= 11 is 11.2. The maximum absolute atomic E-state index is 11.0. The van der Waals surface area contributed by atoms with E-state index in [1.807, 2.05) is 0 Å². The van der Waals surface area contributed by atoms with Crippen LogP contribution in [-0.4, -0.2) is 17.0 Å². The smallest absolute Gasteiger partial charge is 0.135 e. The molecule has 0 aromatic rings. The van der Waals surface area contributed by atoms with Crippen molar-refractivity contribution in [1.82, 2.24) is 0 Å². The molecule has 1 nitrogen and oxygen atoms in total. The van der Waals surface area contributed by atoms with Gasteiger partial charge in [0, 0.05) is 24.1 Å². The van der Waals surface area contributed by atoms with Crippen molar-refractivity contribution in [2.24, 2.45) is 0 Å². The molecule has 0 aromatic heterocycles. The maximum Gasteiger partial charge on any atom is 0.135 e. The lowest BCUT2D eigenvalue weighted by atomic mass is 10.1. The van der Waals surface area contributed by atoms with Gasteiger partial charge in [-0.1, -0.05) is 13.3 Å². The van der Waals surface area contributed by atoms with Crippen molar-refractivity contribution >= 4 is 29.0 Å². The zero-order chi connectivity index (χ0) is 8.69. The summed E-state index contributed by atoms with van der Waals surface area (Å²) in [5.41, 5.74) is 0. The summed E-state index contributed by atoms with van der Waals surface area (Å²) in [6.45, 7) is 2.06. The predicted octanol–water partition coefficient (Wildman–Crippen LogP) is 2.98. The van der Waals surface area contributed by atoms with E-state index in [2.05, 4.69) is 6.92 Å². The van der Waals surface area contributed by atoms with E-state index >= 15 is 0 Å². The van der Waals surface area contributed by atoms with Crippen LogP contribution >= 0.6 is 23.2 Å². The first kappa shape index (κ1) is 11.2. The van der Waals surface area contributed by atoms with Crippen LogP contribution < -0.4 is 0 Å². The molecular weight excluding hydrogens is 183 g/mol. The van der Waals surface area contributed by atoms with Crippen molar-refractivity contribution in [2.75, 3.05) is 5.88 Å². The summed E-state index contributed by atoms with van der Waals surface area (Å²) in [5.74, 6) is 0.586. The fourth-order valence-corrected chi connectivity index (χ4v) is 1.47. The number of carbonyl (C=O) groups excluding carboxylic acids is 1. The van der Waals surface area contributed by atoms with Gasteiger partial charge in [-0.3, -0.25) is 4.79 Å². The standard InChI is InChI=1S/C8H14Cl2O/c1-2-3-7(10)6-8(11)4-5-9/h7H,2-6H2,1H3. The molecule has 0 aliphatic carbocycles. The first-order valence-corrected chi connectivity index (χ1v) is 4.89. The van der Waals surface area contributed by atoms with Crippen molar-refractivity contribution in [3.63, 3.8) is 0 Å². The molecule has 1 unspecified atom stereocenters. The molecule has 0 spiro atoms. The number of rotatable bonds is 6. The Kier molecular flexibility index (Phi) is 7.09. The molecule has 0 bridgehead atoms. The third kappa shape index (κ3) is 6.64. The van der Waals surface area contributed by atoms with Gasteiger partial charge in [0.1, 0.15) is 5.78 Å². The van der Waals surface area contributed by atoms with E-state index in [0.717, 1.165) is 12.8 Å². The first-order valence-electron chi connectivity index (χ1n) is 3.92. The van der Waals surface area contributed by atoms with Gasteiger partial charge in [-0.15, -0.1) is 23.2 Å². The van der Waals surface area contributed by atoms with Gasteiger partial charge in [-0.2, -0.15) is 0 Å². The Morgan fingerprint density at radius 1 is 1.55 bits per heavy atom. The van der Waals surface area contributed by atoms with Crippen LogP contribution in [0.3, 0.4) is 0 Å². The Morgan fingerprint density at radius 3 is 2.64 bits per heavy atom. The number of alkyl halides is 2. The van der Waals surface area contributed by atoms with E-state index < -0.39 is 0 Å². The Hall–Kier alpha value is 0.250. The van der Waals surface area contributed by atoms with Gasteiger partial charge < -0.3 is 0 Å². The molecular formula is C8H14Cl2O. The van der Waals surface area contributed by atoms with Crippen LogP contribution in [0.5, 0.6) is 0 Å². The van der Waals surface area contributed by atoms with Crippen molar-refractivity contribution in [3.05, 3.63) is 0 Å². The Bertz CT molecular complexity index is 115. The van der Waals surface area contributed by atoms with Gasteiger partial charge in [-0.05, 0) is 6.42 Å². The first-order chi connectivity index (χ1) is 5.20. The lowest BCUT2D eigenvalue weighted by Crippen LogP contribution is -2.08. The molecule has 3 heteroatoms. The second-order valence-corrected chi connectivity index (χ2v) is 3.56. The Labute approximate surface area is 78.1 Å². The van der Waals surface area contributed by atoms with Crippen LogP contribution in [0.4, 0.5) is 0 Å². The maximum atomic E-state index is 11.0. The van der Waals surface area contributed by atoms with Gasteiger partial charge in [0.15, 0.2) is 0 Å². The van der Waals surface area contributed by atoms with E-state index in [1.165, 1.54) is 0 Å². The molecule has 1 atom stereocenters. The number of halogens is 2. The summed E-state index contributed by atoms with van der Waals surface area (Å²) < 4.78 is 0. The van der Waals surface area contributed by atoms with Crippen LogP contribution in [0.15, 0.2) is 0 Å². The summed E-state index contributed by atoms with van der Waals surface area (Å²) in [7, 11) is 0. The molecule has 0 amide bonds. The molecule has 0 saturated carbocycles. The molecule has 0 N–H and O–H groups in total. The molecule has 0 saturated heterocycles. The second-order valence-electron chi connectivity index (χ2n) is 2.57. The quantitative estimate of drug-likeness (QED) is 0.598.